The van der Waals surface area contributed by atoms with Crippen LogP contribution in [0.5, 0.6) is 11.5 Å². The first-order chi connectivity index (χ1) is 13.1. The Hall–Kier alpha value is -2.27. The SMILES string of the molecule is CCCN1C(=O)/C(=C\c2cc(Br)c(OCC)c(OCC)c2)c2ccccc21. The van der Waals surface area contributed by atoms with Crippen molar-refractivity contribution >= 4 is 39.2 Å². The highest BCUT2D eigenvalue weighted by Gasteiger charge is 2.31. The van der Waals surface area contributed by atoms with Crippen molar-refractivity contribution < 1.29 is 14.3 Å². The van der Waals surface area contributed by atoms with E-state index < -0.39 is 0 Å². The van der Waals surface area contributed by atoms with Gasteiger partial charge in [-0.05, 0) is 66.0 Å². The van der Waals surface area contributed by atoms with E-state index in [1.807, 2.05) is 61.2 Å². The predicted octanol–water partition coefficient (Wildman–Crippen LogP) is 5.54. The molecule has 0 fully saturated rings. The van der Waals surface area contributed by atoms with Gasteiger partial charge in [-0.1, -0.05) is 25.1 Å². The van der Waals surface area contributed by atoms with E-state index in [0.717, 1.165) is 27.7 Å². The Morgan fingerprint density at radius 3 is 2.52 bits per heavy atom. The van der Waals surface area contributed by atoms with Crippen molar-refractivity contribution in [3.05, 3.63) is 52.0 Å². The molecule has 0 spiro atoms. The smallest absolute Gasteiger partial charge is 0.258 e. The van der Waals surface area contributed by atoms with E-state index in [0.29, 0.717) is 36.8 Å². The molecule has 1 amide bonds. The van der Waals surface area contributed by atoms with Crippen LogP contribution >= 0.6 is 15.9 Å². The molecule has 1 aliphatic rings. The number of hydrogen-bond acceptors (Lipinski definition) is 3. The molecular weight excluding hydrogens is 406 g/mol. The fourth-order valence-electron chi connectivity index (χ4n) is 3.28. The van der Waals surface area contributed by atoms with Gasteiger partial charge in [-0.15, -0.1) is 0 Å². The molecule has 5 heteroatoms. The third-order valence-electron chi connectivity index (χ3n) is 4.34. The standard InChI is InChI=1S/C22H24BrNO3/c1-4-11-24-19-10-8-7-9-16(19)17(22(24)25)12-15-13-18(23)21(27-6-3)20(14-15)26-5-2/h7-10,12-14H,4-6,11H2,1-3H3/b17-12-. The Kier molecular flexibility index (Phi) is 6.22. The Bertz CT molecular complexity index is 876. The summed E-state index contributed by atoms with van der Waals surface area (Å²) in [6, 6.07) is 11.8. The molecule has 1 heterocycles. The number of carbonyl (C=O) groups excluding carboxylic acids is 1. The zero-order chi connectivity index (χ0) is 19.4. The maximum Gasteiger partial charge on any atom is 0.258 e. The summed E-state index contributed by atoms with van der Waals surface area (Å²) in [6.07, 6.45) is 2.84. The number of carbonyl (C=O) groups is 1. The van der Waals surface area contributed by atoms with E-state index in [1.165, 1.54) is 0 Å². The van der Waals surface area contributed by atoms with Crippen LogP contribution in [0.4, 0.5) is 5.69 Å². The van der Waals surface area contributed by atoms with Crippen molar-refractivity contribution in [3.63, 3.8) is 0 Å². The number of amides is 1. The first kappa shape index (κ1) is 19.5. The molecule has 0 bridgehead atoms. The number of rotatable bonds is 7. The third-order valence-corrected chi connectivity index (χ3v) is 4.93. The molecule has 2 aromatic rings. The number of hydrogen-bond donors (Lipinski definition) is 0. The molecule has 3 rings (SSSR count). The predicted molar refractivity (Wildman–Crippen MR) is 113 cm³/mol. The zero-order valence-corrected chi connectivity index (χ0v) is 17.5. The summed E-state index contributed by atoms with van der Waals surface area (Å²) < 4.78 is 12.3. The second-order valence-corrected chi connectivity index (χ2v) is 7.08. The highest BCUT2D eigenvalue weighted by Crippen LogP contribution is 2.41. The second kappa shape index (κ2) is 8.61. The van der Waals surface area contributed by atoms with Crippen LogP contribution in [0.3, 0.4) is 0 Å². The van der Waals surface area contributed by atoms with Gasteiger partial charge in [-0.2, -0.15) is 0 Å². The lowest BCUT2D eigenvalue weighted by atomic mass is 10.0. The van der Waals surface area contributed by atoms with Crippen LogP contribution in [0.25, 0.3) is 11.6 Å². The van der Waals surface area contributed by atoms with Gasteiger partial charge >= 0.3 is 0 Å². The quantitative estimate of drug-likeness (QED) is 0.541. The van der Waals surface area contributed by atoms with Gasteiger partial charge in [0.25, 0.3) is 5.91 Å². The van der Waals surface area contributed by atoms with E-state index in [-0.39, 0.29) is 5.91 Å². The fraction of sp³-hybridized carbons (Fsp3) is 0.318. The van der Waals surface area contributed by atoms with Crippen LogP contribution < -0.4 is 14.4 Å². The van der Waals surface area contributed by atoms with E-state index >= 15 is 0 Å². The van der Waals surface area contributed by atoms with Gasteiger partial charge in [0.2, 0.25) is 0 Å². The van der Waals surface area contributed by atoms with Crippen LogP contribution in [0, 0.1) is 0 Å². The largest absolute Gasteiger partial charge is 0.490 e. The minimum atomic E-state index is 0.0426. The monoisotopic (exact) mass is 429 g/mol. The molecule has 1 aliphatic heterocycles. The Labute approximate surface area is 168 Å². The molecule has 0 atom stereocenters. The molecule has 0 unspecified atom stereocenters. The molecule has 0 radical (unpaired) electrons. The lowest BCUT2D eigenvalue weighted by Gasteiger charge is -2.15. The van der Waals surface area contributed by atoms with Crippen molar-refractivity contribution in [1.82, 2.24) is 0 Å². The van der Waals surface area contributed by atoms with E-state index in [1.54, 1.807) is 0 Å². The summed E-state index contributed by atoms with van der Waals surface area (Å²) in [4.78, 5) is 14.9. The van der Waals surface area contributed by atoms with Crippen molar-refractivity contribution in [2.75, 3.05) is 24.7 Å². The van der Waals surface area contributed by atoms with E-state index in [4.69, 9.17) is 9.47 Å². The average molecular weight is 430 g/mol. The normalized spacial score (nSPS) is 14.6. The number of benzene rings is 2. The second-order valence-electron chi connectivity index (χ2n) is 6.23. The minimum Gasteiger partial charge on any atom is -0.490 e. The van der Waals surface area contributed by atoms with Gasteiger partial charge in [0.05, 0.1) is 23.4 Å². The first-order valence-corrected chi connectivity index (χ1v) is 10.1. The number of anilines is 1. The summed E-state index contributed by atoms with van der Waals surface area (Å²) in [5.41, 5.74) is 3.55. The maximum absolute atomic E-state index is 13.0. The molecule has 4 nitrogen and oxygen atoms in total. The maximum atomic E-state index is 13.0. The zero-order valence-electron chi connectivity index (χ0n) is 15.9. The van der Waals surface area contributed by atoms with Crippen LogP contribution in [0.1, 0.15) is 38.3 Å². The highest BCUT2D eigenvalue weighted by atomic mass is 79.9. The third kappa shape index (κ3) is 3.88. The number of ether oxygens (including phenoxy) is 2. The van der Waals surface area contributed by atoms with Gasteiger partial charge in [-0.25, -0.2) is 0 Å². The van der Waals surface area contributed by atoms with Crippen molar-refractivity contribution in [2.24, 2.45) is 0 Å². The molecule has 0 saturated heterocycles. The Balaban J connectivity index is 2.07. The first-order valence-electron chi connectivity index (χ1n) is 9.32. The van der Waals surface area contributed by atoms with Gasteiger partial charge < -0.3 is 14.4 Å². The summed E-state index contributed by atoms with van der Waals surface area (Å²) in [5, 5.41) is 0. The molecule has 0 saturated carbocycles. The summed E-state index contributed by atoms with van der Waals surface area (Å²) >= 11 is 3.57. The molecule has 0 aromatic heterocycles. The Morgan fingerprint density at radius 2 is 1.81 bits per heavy atom. The van der Waals surface area contributed by atoms with Crippen molar-refractivity contribution in [1.29, 1.82) is 0 Å². The number of fused-ring (bicyclic) bond motifs is 1. The van der Waals surface area contributed by atoms with Gasteiger partial charge in [-0.3, -0.25) is 4.79 Å². The van der Waals surface area contributed by atoms with Crippen molar-refractivity contribution in [3.8, 4) is 11.5 Å². The van der Waals surface area contributed by atoms with Crippen LogP contribution in [0.2, 0.25) is 0 Å². The van der Waals surface area contributed by atoms with E-state index in [2.05, 4.69) is 22.9 Å². The van der Waals surface area contributed by atoms with Crippen molar-refractivity contribution in [2.45, 2.75) is 27.2 Å². The van der Waals surface area contributed by atoms with Gasteiger partial charge in [0.1, 0.15) is 0 Å². The van der Waals surface area contributed by atoms with Crippen LogP contribution in [0.15, 0.2) is 40.9 Å². The summed E-state index contributed by atoms with van der Waals surface area (Å²) in [7, 11) is 0. The Morgan fingerprint density at radius 1 is 1.07 bits per heavy atom. The summed E-state index contributed by atoms with van der Waals surface area (Å²) in [6.45, 7) is 7.76. The molecule has 0 aliphatic carbocycles. The lowest BCUT2D eigenvalue weighted by molar-refractivity contribution is -0.113. The van der Waals surface area contributed by atoms with Crippen LogP contribution in [-0.2, 0) is 4.79 Å². The van der Waals surface area contributed by atoms with Gasteiger partial charge in [0, 0.05) is 17.7 Å². The average Bonchev–Trinajstić information content (AvgIpc) is 2.91. The fourth-order valence-corrected chi connectivity index (χ4v) is 3.85. The van der Waals surface area contributed by atoms with E-state index in [9.17, 15) is 4.79 Å². The number of nitrogens with zero attached hydrogens (tertiary/aromatic N) is 1. The molecule has 27 heavy (non-hydrogen) atoms. The topological polar surface area (TPSA) is 38.8 Å². The summed E-state index contributed by atoms with van der Waals surface area (Å²) in [5.74, 6) is 1.40. The molecule has 2 aromatic carbocycles. The molecular formula is C22H24BrNO3. The number of para-hydroxylation sites is 1. The minimum absolute atomic E-state index is 0.0426. The van der Waals surface area contributed by atoms with Crippen LogP contribution in [-0.4, -0.2) is 25.7 Å². The molecule has 142 valence electrons. The highest BCUT2D eigenvalue weighted by molar-refractivity contribution is 9.10. The molecule has 0 N–H and O–H groups in total. The lowest BCUT2D eigenvalue weighted by Crippen LogP contribution is -2.26. The number of halogens is 1. The van der Waals surface area contributed by atoms with Gasteiger partial charge in [0.15, 0.2) is 11.5 Å².